The fourth-order valence-electron chi connectivity index (χ4n) is 2.95. The van der Waals surface area contributed by atoms with Crippen LogP contribution in [0.1, 0.15) is 23.7 Å². The number of nitrogens with zero attached hydrogens (tertiary/aromatic N) is 1. The molecule has 7 nitrogen and oxygen atoms in total. The number of fused-ring (bicyclic) bond motifs is 1. The first-order valence-electron chi connectivity index (χ1n) is 9.34. The van der Waals surface area contributed by atoms with Gasteiger partial charge >= 0.3 is 0 Å². The summed E-state index contributed by atoms with van der Waals surface area (Å²) in [4.78, 5) is 24.8. The molecule has 0 bridgehead atoms. The van der Waals surface area contributed by atoms with Crippen LogP contribution in [0.3, 0.4) is 0 Å². The van der Waals surface area contributed by atoms with Crippen molar-refractivity contribution in [2.45, 2.75) is 13.3 Å². The molecule has 3 aromatic rings. The van der Waals surface area contributed by atoms with E-state index < -0.39 is 5.91 Å². The summed E-state index contributed by atoms with van der Waals surface area (Å²) >= 11 is 0. The molecule has 0 spiro atoms. The van der Waals surface area contributed by atoms with Gasteiger partial charge in [-0.1, -0.05) is 36.4 Å². The van der Waals surface area contributed by atoms with Gasteiger partial charge in [0.25, 0.3) is 5.91 Å². The molecule has 3 aromatic carbocycles. The summed E-state index contributed by atoms with van der Waals surface area (Å²) in [5.41, 5.74) is 4.00. The van der Waals surface area contributed by atoms with Crippen molar-refractivity contribution >= 4 is 34.0 Å². The second-order valence-electron chi connectivity index (χ2n) is 6.64. The first-order valence-corrected chi connectivity index (χ1v) is 9.34. The smallest absolute Gasteiger partial charge is 0.271 e. The first-order chi connectivity index (χ1) is 14.5. The number of hydrogen-bond acceptors (Lipinski definition) is 5. The van der Waals surface area contributed by atoms with Gasteiger partial charge in [-0.15, -0.1) is 0 Å². The van der Waals surface area contributed by atoms with E-state index in [0.717, 1.165) is 16.5 Å². The van der Waals surface area contributed by atoms with E-state index in [4.69, 9.17) is 9.47 Å². The molecular weight excluding hydrogens is 382 g/mol. The van der Waals surface area contributed by atoms with Crippen LogP contribution >= 0.6 is 0 Å². The van der Waals surface area contributed by atoms with E-state index in [-0.39, 0.29) is 12.3 Å². The van der Waals surface area contributed by atoms with Gasteiger partial charge in [-0.2, -0.15) is 5.10 Å². The van der Waals surface area contributed by atoms with Crippen molar-refractivity contribution in [3.63, 3.8) is 0 Å². The molecule has 0 aliphatic carbocycles. The first kappa shape index (κ1) is 20.9. The monoisotopic (exact) mass is 405 g/mol. The standard InChI is InChI=1S/C23H23N3O4/c1-15(25-26-23(28)17-12-18(29-2)14-19(13-17)30-3)11-22(27)24-21-10-6-8-16-7-4-5-9-20(16)21/h4-10,12-14H,11H2,1-3H3,(H,24,27)(H,26,28). The van der Waals surface area contributed by atoms with Gasteiger partial charge < -0.3 is 14.8 Å². The van der Waals surface area contributed by atoms with Gasteiger partial charge in [-0.05, 0) is 30.5 Å². The number of hydrogen-bond donors (Lipinski definition) is 2. The maximum Gasteiger partial charge on any atom is 0.271 e. The van der Waals surface area contributed by atoms with Crippen molar-refractivity contribution < 1.29 is 19.1 Å². The van der Waals surface area contributed by atoms with Gasteiger partial charge in [0.05, 0.1) is 20.6 Å². The Morgan fingerprint density at radius 3 is 2.30 bits per heavy atom. The number of ether oxygens (including phenoxy) is 2. The Morgan fingerprint density at radius 1 is 0.933 bits per heavy atom. The zero-order valence-corrected chi connectivity index (χ0v) is 17.1. The highest BCUT2D eigenvalue weighted by Gasteiger charge is 2.11. The van der Waals surface area contributed by atoms with Crippen molar-refractivity contribution in [2.24, 2.45) is 5.10 Å². The largest absolute Gasteiger partial charge is 0.497 e. The third-order valence-electron chi connectivity index (χ3n) is 4.44. The molecule has 0 unspecified atom stereocenters. The number of benzene rings is 3. The number of rotatable bonds is 7. The maximum atomic E-state index is 12.4. The molecule has 0 radical (unpaired) electrons. The minimum atomic E-state index is -0.430. The van der Waals surface area contributed by atoms with Gasteiger partial charge in [-0.3, -0.25) is 9.59 Å². The Kier molecular flexibility index (Phi) is 6.64. The summed E-state index contributed by atoms with van der Waals surface area (Å²) < 4.78 is 10.3. The highest BCUT2D eigenvalue weighted by atomic mass is 16.5. The van der Waals surface area contributed by atoms with Gasteiger partial charge in [0.2, 0.25) is 5.91 Å². The second kappa shape index (κ2) is 9.56. The summed E-state index contributed by atoms with van der Waals surface area (Å²) in [5.74, 6) is 0.343. The SMILES string of the molecule is COc1cc(OC)cc(C(=O)NN=C(C)CC(=O)Nc2cccc3ccccc23)c1. The van der Waals surface area contributed by atoms with Crippen molar-refractivity contribution in [3.05, 3.63) is 66.2 Å². The lowest BCUT2D eigenvalue weighted by atomic mass is 10.1. The number of amides is 2. The molecule has 2 N–H and O–H groups in total. The Labute approximate surface area is 174 Å². The second-order valence-corrected chi connectivity index (χ2v) is 6.64. The van der Waals surface area contributed by atoms with E-state index in [9.17, 15) is 9.59 Å². The predicted molar refractivity (Wildman–Crippen MR) is 117 cm³/mol. The molecule has 154 valence electrons. The van der Waals surface area contributed by atoms with Crippen LogP contribution in [0.2, 0.25) is 0 Å². The number of methoxy groups -OCH3 is 2. The third kappa shape index (κ3) is 5.14. The average molecular weight is 405 g/mol. The van der Waals surface area contributed by atoms with Crippen LogP contribution in [-0.2, 0) is 4.79 Å². The number of anilines is 1. The molecule has 0 aromatic heterocycles. The lowest BCUT2D eigenvalue weighted by molar-refractivity contribution is -0.115. The van der Waals surface area contributed by atoms with Crippen molar-refractivity contribution in [3.8, 4) is 11.5 Å². The Bertz CT molecular complexity index is 1080. The maximum absolute atomic E-state index is 12.4. The normalized spacial score (nSPS) is 11.1. The van der Waals surface area contributed by atoms with Gasteiger partial charge in [-0.25, -0.2) is 5.43 Å². The van der Waals surface area contributed by atoms with Crippen LogP contribution < -0.4 is 20.2 Å². The molecule has 7 heteroatoms. The lowest BCUT2D eigenvalue weighted by Crippen LogP contribution is -2.21. The zero-order chi connectivity index (χ0) is 21.5. The molecule has 3 rings (SSSR count). The molecule has 2 amide bonds. The molecule has 30 heavy (non-hydrogen) atoms. The highest BCUT2D eigenvalue weighted by molar-refractivity contribution is 6.09. The molecule has 0 aliphatic heterocycles. The van der Waals surface area contributed by atoms with Gasteiger partial charge in [0.15, 0.2) is 0 Å². The van der Waals surface area contributed by atoms with E-state index in [1.165, 1.54) is 14.2 Å². The van der Waals surface area contributed by atoms with Crippen LogP contribution in [0, 0.1) is 0 Å². The van der Waals surface area contributed by atoms with E-state index in [1.807, 2.05) is 42.5 Å². The fraction of sp³-hybridized carbons (Fsp3) is 0.174. The molecule has 0 saturated heterocycles. The average Bonchev–Trinajstić information content (AvgIpc) is 2.77. The minimum absolute atomic E-state index is 0.0466. The van der Waals surface area contributed by atoms with Crippen LogP contribution in [0.4, 0.5) is 5.69 Å². The van der Waals surface area contributed by atoms with E-state index in [0.29, 0.717) is 22.8 Å². The molecule has 0 fully saturated rings. The van der Waals surface area contributed by atoms with E-state index >= 15 is 0 Å². The molecule has 0 saturated carbocycles. The van der Waals surface area contributed by atoms with Gasteiger partial charge in [0.1, 0.15) is 11.5 Å². The van der Waals surface area contributed by atoms with Crippen molar-refractivity contribution in [1.82, 2.24) is 5.43 Å². The van der Waals surface area contributed by atoms with E-state index in [1.54, 1.807) is 25.1 Å². The number of hydrazone groups is 1. The van der Waals surface area contributed by atoms with Crippen LogP contribution in [0.25, 0.3) is 10.8 Å². The van der Waals surface area contributed by atoms with Crippen molar-refractivity contribution in [2.75, 3.05) is 19.5 Å². The summed E-state index contributed by atoms with van der Waals surface area (Å²) in [7, 11) is 3.01. The Morgan fingerprint density at radius 2 is 1.60 bits per heavy atom. The summed E-state index contributed by atoms with van der Waals surface area (Å²) in [5, 5.41) is 8.93. The summed E-state index contributed by atoms with van der Waals surface area (Å²) in [6.07, 6.45) is 0.0466. The van der Waals surface area contributed by atoms with Crippen LogP contribution in [0.5, 0.6) is 11.5 Å². The quantitative estimate of drug-likeness (QED) is 0.459. The molecule has 0 atom stereocenters. The fourth-order valence-corrected chi connectivity index (χ4v) is 2.95. The van der Waals surface area contributed by atoms with Crippen molar-refractivity contribution in [1.29, 1.82) is 0 Å². The zero-order valence-electron chi connectivity index (χ0n) is 17.1. The number of carbonyl (C=O) groups is 2. The van der Waals surface area contributed by atoms with E-state index in [2.05, 4.69) is 15.8 Å². The lowest BCUT2D eigenvalue weighted by Gasteiger charge is -2.09. The van der Waals surface area contributed by atoms with Crippen LogP contribution in [0.15, 0.2) is 65.8 Å². The Balaban J connectivity index is 1.63. The summed E-state index contributed by atoms with van der Waals surface area (Å²) in [6, 6.07) is 18.4. The number of carbonyl (C=O) groups excluding carboxylic acids is 2. The van der Waals surface area contributed by atoms with Gasteiger partial charge in [0, 0.05) is 28.4 Å². The molecule has 0 aliphatic rings. The Hall–Kier alpha value is -3.87. The summed E-state index contributed by atoms with van der Waals surface area (Å²) in [6.45, 7) is 1.68. The highest BCUT2D eigenvalue weighted by Crippen LogP contribution is 2.23. The van der Waals surface area contributed by atoms with Crippen LogP contribution in [-0.4, -0.2) is 31.7 Å². The number of nitrogens with one attached hydrogen (secondary N) is 2. The molecular formula is C23H23N3O4. The topological polar surface area (TPSA) is 89.0 Å². The molecule has 0 heterocycles. The predicted octanol–water partition coefficient (Wildman–Crippen LogP) is 3.99. The minimum Gasteiger partial charge on any atom is -0.497 e. The third-order valence-corrected chi connectivity index (χ3v) is 4.44.